The molecule has 1 amide bonds. The summed E-state index contributed by atoms with van der Waals surface area (Å²) in [6, 6.07) is 0. The van der Waals surface area contributed by atoms with Crippen LogP contribution in [0.2, 0.25) is 0 Å². The van der Waals surface area contributed by atoms with Gasteiger partial charge in [0, 0.05) is 6.42 Å². The first kappa shape index (κ1) is 10.5. The molecule has 2 N–H and O–H groups in total. The van der Waals surface area contributed by atoms with Crippen molar-refractivity contribution in [2.75, 3.05) is 6.54 Å². The Morgan fingerprint density at radius 2 is 2.14 bits per heavy atom. The average molecular weight is 203 g/mol. The summed E-state index contributed by atoms with van der Waals surface area (Å²) >= 11 is 0. The van der Waals surface area contributed by atoms with Crippen LogP contribution < -0.4 is 0 Å². The van der Waals surface area contributed by atoms with Gasteiger partial charge in [-0.25, -0.2) is 9.86 Å². The number of carboxylic acid groups (broad SMARTS) is 2. The average Bonchev–Trinajstić information content (AvgIpc) is 2.08. The van der Waals surface area contributed by atoms with Crippen molar-refractivity contribution in [1.29, 1.82) is 0 Å². The second-order valence-electron chi connectivity index (χ2n) is 2.78. The Hall–Kier alpha value is -1.63. The molecular weight excluding hydrogens is 194 g/mol. The molecule has 1 fully saturated rings. The van der Waals surface area contributed by atoms with Gasteiger partial charge in [-0.15, -0.1) is 0 Å². The second kappa shape index (κ2) is 4.05. The molecule has 1 heterocycles. The third-order valence-corrected chi connectivity index (χ3v) is 1.70. The summed E-state index contributed by atoms with van der Waals surface area (Å²) in [4.78, 5) is 36.1. The third kappa shape index (κ3) is 2.43. The number of carbonyl (C=O) groups excluding carboxylic acids is 1. The van der Waals surface area contributed by atoms with Gasteiger partial charge < -0.3 is 10.2 Å². The molecule has 1 rings (SSSR count). The number of aliphatic carboxylic acids is 2. The van der Waals surface area contributed by atoms with Crippen LogP contribution in [0.4, 0.5) is 0 Å². The Kier molecular flexibility index (Phi) is 3.03. The molecule has 0 radical (unpaired) electrons. The van der Waals surface area contributed by atoms with E-state index in [-0.39, 0.29) is 5.91 Å². The van der Waals surface area contributed by atoms with Gasteiger partial charge in [-0.3, -0.25) is 14.4 Å². The van der Waals surface area contributed by atoms with Crippen LogP contribution >= 0.6 is 0 Å². The highest BCUT2D eigenvalue weighted by molar-refractivity contribution is 5.82. The molecule has 1 unspecified atom stereocenters. The smallest absolute Gasteiger partial charge is 0.336 e. The highest BCUT2D eigenvalue weighted by atomic mass is 16.7. The maximum atomic E-state index is 10.7. The minimum Gasteiger partial charge on any atom is -0.481 e. The van der Waals surface area contributed by atoms with Gasteiger partial charge in [0.1, 0.15) is 0 Å². The number of amides is 1. The summed E-state index contributed by atoms with van der Waals surface area (Å²) in [7, 11) is 0. The second-order valence-corrected chi connectivity index (χ2v) is 2.78. The van der Waals surface area contributed by atoms with Crippen molar-refractivity contribution in [3.8, 4) is 0 Å². The van der Waals surface area contributed by atoms with E-state index < -0.39 is 24.5 Å². The molecule has 0 aromatic heterocycles. The highest BCUT2D eigenvalue weighted by Gasteiger charge is 2.32. The molecule has 0 aliphatic carbocycles. The van der Waals surface area contributed by atoms with Crippen LogP contribution in [0, 0.1) is 0 Å². The molecule has 7 nitrogen and oxygen atoms in total. The lowest BCUT2D eigenvalue weighted by atomic mass is 10.2. The Balaban J connectivity index is 2.46. The maximum absolute atomic E-state index is 10.7. The zero-order chi connectivity index (χ0) is 10.7. The molecular formula is C7H9NO6. The van der Waals surface area contributed by atoms with Crippen LogP contribution in [-0.4, -0.2) is 45.8 Å². The summed E-state index contributed by atoms with van der Waals surface area (Å²) in [5.74, 6) is -3.01. The summed E-state index contributed by atoms with van der Waals surface area (Å²) in [6.07, 6.45) is -1.87. The predicted molar refractivity (Wildman–Crippen MR) is 41.1 cm³/mol. The number of rotatable bonds is 5. The van der Waals surface area contributed by atoms with Crippen LogP contribution in [0.25, 0.3) is 0 Å². The fourth-order valence-corrected chi connectivity index (χ4v) is 0.888. The minimum atomic E-state index is -1.50. The van der Waals surface area contributed by atoms with E-state index in [0.717, 1.165) is 5.06 Å². The molecule has 0 aromatic carbocycles. The van der Waals surface area contributed by atoms with Gasteiger partial charge >= 0.3 is 11.9 Å². The molecule has 1 saturated heterocycles. The molecule has 0 aromatic rings. The molecule has 0 bridgehead atoms. The minimum absolute atomic E-state index is 0.305. The predicted octanol–water partition coefficient (Wildman–Crippen LogP) is -0.922. The topological polar surface area (TPSA) is 104 Å². The number of nitrogens with zero attached hydrogens (tertiary/aromatic N) is 1. The van der Waals surface area contributed by atoms with Gasteiger partial charge in [0.05, 0.1) is 13.0 Å². The largest absolute Gasteiger partial charge is 0.481 e. The van der Waals surface area contributed by atoms with Gasteiger partial charge in [0.15, 0.2) is 6.10 Å². The monoisotopic (exact) mass is 203 g/mol. The van der Waals surface area contributed by atoms with E-state index in [2.05, 4.69) is 4.84 Å². The molecule has 0 spiro atoms. The summed E-state index contributed by atoms with van der Waals surface area (Å²) < 4.78 is 0. The lowest BCUT2D eigenvalue weighted by Gasteiger charge is -2.31. The first-order valence-electron chi connectivity index (χ1n) is 3.92. The van der Waals surface area contributed by atoms with Crippen molar-refractivity contribution in [2.45, 2.75) is 18.9 Å². The van der Waals surface area contributed by atoms with Crippen LogP contribution in [0.3, 0.4) is 0 Å². The SMILES string of the molecule is O=C(O)CC(ON1CCC1=O)C(=O)O. The molecule has 14 heavy (non-hydrogen) atoms. The van der Waals surface area contributed by atoms with Crippen molar-refractivity contribution in [3.63, 3.8) is 0 Å². The van der Waals surface area contributed by atoms with E-state index >= 15 is 0 Å². The van der Waals surface area contributed by atoms with E-state index in [1.807, 2.05) is 0 Å². The Morgan fingerprint density at radius 1 is 1.50 bits per heavy atom. The standard InChI is InChI=1S/C7H9NO6/c9-5-1-2-8(5)14-4(7(12)13)3-6(10)11/h4H,1-3H2,(H,10,11)(H,12,13). The van der Waals surface area contributed by atoms with E-state index in [1.165, 1.54) is 0 Å². The van der Waals surface area contributed by atoms with Crippen molar-refractivity contribution >= 4 is 17.8 Å². The third-order valence-electron chi connectivity index (χ3n) is 1.70. The van der Waals surface area contributed by atoms with Crippen LogP contribution in [-0.2, 0) is 19.2 Å². The Morgan fingerprint density at radius 3 is 2.43 bits per heavy atom. The van der Waals surface area contributed by atoms with Crippen LogP contribution in [0.5, 0.6) is 0 Å². The number of β-lactam (4-membered cyclic amide) rings is 1. The zero-order valence-corrected chi connectivity index (χ0v) is 7.17. The van der Waals surface area contributed by atoms with Crippen LogP contribution in [0.1, 0.15) is 12.8 Å². The van der Waals surface area contributed by atoms with Crippen molar-refractivity contribution in [2.24, 2.45) is 0 Å². The number of hydroxylamine groups is 2. The summed E-state index contributed by atoms with van der Waals surface area (Å²) in [5, 5.41) is 17.8. The first-order valence-corrected chi connectivity index (χ1v) is 3.92. The quantitative estimate of drug-likeness (QED) is 0.560. The number of carbonyl (C=O) groups is 3. The van der Waals surface area contributed by atoms with E-state index in [9.17, 15) is 14.4 Å². The highest BCUT2D eigenvalue weighted by Crippen LogP contribution is 2.12. The zero-order valence-electron chi connectivity index (χ0n) is 7.17. The Bertz CT molecular complexity index is 275. The summed E-state index contributed by atoms with van der Waals surface area (Å²) in [6.45, 7) is 0.308. The molecule has 0 saturated carbocycles. The van der Waals surface area contributed by atoms with E-state index in [4.69, 9.17) is 10.2 Å². The van der Waals surface area contributed by atoms with Gasteiger partial charge in [0.25, 0.3) is 0 Å². The normalized spacial score (nSPS) is 17.4. The molecule has 1 aliphatic rings. The van der Waals surface area contributed by atoms with Crippen molar-refractivity contribution in [3.05, 3.63) is 0 Å². The lowest BCUT2D eigenvalue weighted by molar-refractivity contribution is -0.232. The van der Waals surface area contributed by atoms with E-state index in [0.29, 0.717) is 13.0 Å². The van der Waals surface area contributed by atoms with Crippen molar-refractivity contribution in [1.82, 2.24) is 5.06 Å². The maximum Gasteiger partial charge on any atom is 0.336 e. The number of carboxylic acids is 2. The number of hydrogen-bond donors (Lipinski definition) is 2. The molecule has 7 heteroatoms. The van der Waals surface area contributed by atoms with Gasteiger partial charge in [0.2, 0.25) is 5.91 Å². The first-order chi connectivity index (χ1) is 6.50. The summed E-state index contributed by atoms with van der Waals surface area (Å²) in [5.41, 5.74) is 0. The lowest BCUT2D eigenvalue weighted by Crippen LogP contribution is -2.47. The molecule has 78 valence electrons. The molecule has 1 aliphatic heterocycles. The van der Waals surface area contributed by atoms with Gasteiger partial charge in [-0.2, -0.15) is 0 Å². The van der Waals surface area contributed by atoms with Crippen molar-refractivity contribution < 1.29 is 29.4 Å². The number of hydrogen-bond acceptors (Lipinski definition) is 4. The van der Waals surface area contributed by atoms with Crippen LogP contribution in [0.15, 0.2) is 0 Å². The van der Waals surface area contributed by atoms with Gasteiger partial charge in [-0.1, -0.05) is 0 Å². The Labute approximate surface area is 78.8 Å². The fraction of sp³-hybridized carbons (Fsp3) is 0.571. The molecule has 1 atom stereocenters. The van der Waals surface area contributed by atoms with Gasteiger partial charge in [-0.05, 0) is 0 Å². The fourth-order valence-electron chi connectivity index (χ4n) is 0.888. The van der Waals surface area contributed by atoms with E-state index in [1.54, 1.807) is 0 Å².